The van der Waals surface area contributed by atoms with E-state index in [0.717, 1.165) is 58.5 Å². The van der Waals surface area contributed by atoms with Gasteiger partial charge < -0.3 is 21.3 Å². The quantitative estimate of drug-likeness (QED) is 0.543. The molecule has 168 valence electrons. The lowest BCUT2D eigenvalue weighted by molar-refractivity contribution is 0.0938. The summed E-state index contributed by atoms with van der Waals surface area (Å²) in [6, 6.07) is 1.87. The molecule has 2 saturated heterocycles. The first-order chi connectivity index (χ1) is 15.5. The zero-order valence-electron chi connectivity index (χ0n) is 17.8. The molecule has 5 heterocycles. The Kier molecular flexibility index (Phi) is 4.85. The zero-order chi connectivity index (χ0) is 22.0. The maximum absolute atomic E-state index is 15.1. The molecular weight excluding hydrogens is 447 g/mol. The van der Waals surface area contributed by atoms with E-state index in [9.17, 15) is 4.79 Å². The molecule has 10 heteroatoms. The Bertz CT molecular complexity index is 1220. The number of nitrogens with one attached hydrogen (secondary N) is 2. The number of hydrogen-bond donors (Lipinski definition) is 3. The maximum Gasteiger partial charge on any atom is 0.263 e. The minimum absolute atomic E-state index is 0.137. The standard InChI is InChI=1S/C22H25FN6OS2/c1-10-26-22-20(31-10)18(24)19(32-22)21(30)27-12-2-3-15-13(6-12)14(23)7-17(28-15)29-5-4-11-8-25-9-16(11)29/h7,11-12,16,25H,2-6,8-9,24H2,1H3,(H,27,30). The second-order valence-electron chi connectivity index (χ2n) is 8.98. The molecule has 4 N–H and O–H groups in total. The molecule has 1 aliphatic carbocycles. The first-order valence-electron chi connectivity index (χ1n) is 11.1. The molecule has 2 aliphatic heterocycles. The van der Waals surface area contributed by atoms with Gasteiger partial charge in [0, 0.05) is 49.0 Å². The number of aryl methyl sites for hydroxylation is 2. The molecule has 3 aliphatic rings. The number of fused-ring (bicyclic) bond motifs is 3. The molecule has 0 saturated carbocycles. The number of nitrogens with zero attached hydrogens (tertiary/aromatic N) is 3. The predicted molar refractivity (Wildman–Crippen MR) is 126 cm³/mol. The molecule has 0 spiro atoms. The molecule has 3 unspecified atom stereocenters. The summed E-state index contributed by atoms with van der Waals surface area (Å²) in [5.74, 6) is 0.975. The molecule has 32 heavy (non-hydrogen) atoms. The number of amides is 1. The smallest absolute Gasteiger partial charge is 0.263 e. The molecular formula is C22H25FN6OS2. The highest BCUT2D eigenvalue weighted by Crippen LogP contribution is 2.38. The first kappa shape index (κ1) is 20.3. The van der Waals surface area contributed by atoms with Gasteiger partial charge in [0.2, 0.25) is 0 Å². The monoisotopic (exact) mass is 472 g/mol. The number of anilines is 2. The van der Waals surface area contributed by atoms with E-state index in [1.165, 1.54) is 22.7 Å². The van der Waals surface area contributed by atoms with Gasteiger partial charge in [-0.1, -0.05) is 0 Å². The van der Waals surface area contributed by atoms with Gasteiger partial charge in [0.15, 0.2) is 0 Å². The molecule has 0 bridgehead atoms. The van der Waals surface area contributed by atoms with Gasteiger partial charge in [-0.05, 0) is 38.5 Å². The molecule has 0 aromatic carbocycles. The highest BCUT2D eigenvalue weighted by Gasteiger charge is 2.39. The second kappa shape index (κ2) is 7.64. The van der Waals surface area contributed by atoms with Crippen LogP contribution in [0.5, 0.6) is 0 Å². The average Bonchev–Trinajstić information content (AvgIpc) is 3.51. The van der Waals surface area contributed by atoms with Gasteiger partial charge in [-0.2, -0.15) is 0 Å². The number of hydrogen-bond acceptors (Lipinski definition) is 8. The van der Waals surface area contributed by atoms with Crippen molar-refractivity contribution in [3.8, 4) is 0 Å². The number of aromatic nitrogens is 2. The van der Waals surface area contributed by atoms with Crippen molar-refractivity contribution < 1.29 is 9.18 Å². The lowest BCUT2D eigenvalue weighted by Crippen LogP contribution is -2.40. The highest BCUT2D eigenvalue weighted by atomic mass is 32.1. The predicted octanol–water partition coefficient (Wildman–Crippen LogP) is 2.87. The van der Waals surface area contributed by atoms with E-state index in [-0.39, 0.29) is 17.8 Å². The van der Waals surface area contributed by atoms with Gasteiger partial charge in [0.25, 0.3) is 5.91 Å². The van der Waals surface area contributed by atoms with Gasteiger partial charge in [0.05, 0.1) is 15.4 Å². The molecule has 3 aromatic rings. The Balaban J connectivity index is 1.19. The molecule has 1 amide bonds. The van der Waals surface area contributed by atoms with Crippen molar-refractivity contribution in [1.82, 2.24) is 20.6 Å². The van der Waals surface area contributed by atoms with E-state index in [2.05, 4.69) is 20.5 Å². The van der Waals surface area contributed by atoms with E-state index < -0.39 is 0 Å². The number of pyridine rings is 1. The van der Waals surface area contributed by atoms with Crippen molar-refractivity contribution in [1.29, 1.82) is 0 Å². The third-order valence-corrected chi connectivity index (χ3v) is 9.23. The van der Waals surface area contributed by atoms with Crippen LogP contribution in [0.2, 0.25) is 0 Å². The molecule has 7 nitrogen and oxygen atoms in total. The SMILES string of the molecule is Cc1nc2sc(C(=O)NC3CCc4nc(N5CCC6CNCC65)cc(F)c4C3)c(N)c2s1. The summed E-state index contributed by atoms with van der Waals surface area (Å²) in [5.41, 5.74) is 8.16. The number of carbonyl (C=O) groups excluding carboxylic acids is 1. The number of thiazole rings is 1. The summed E-state index contributed by atoms with van der Waals surface area (Å²) in [6.45, 7) is 4.85. The lowest BCUT2D eigenvalue weighted by Gasteiger charge is -2.29. The van der Waals surface area contributed by atoms with Crippen LogP contribution in [-0.4, -0.2) is 47.6 Å². The summed E-state index contributed by atoms with van der Waals surface area (Å²) >= 11 is 2.82. The van der Waals surface area contributed by atoms with Crippen LogP contribution in [0.1, 0.15) is 38.8 Å². The third-order valence-electron chi connectivity index (χ3n) is 6.99. The topological polar surface area (TPSA) is 96.2 Å². The molecule has 2 fully saturated rings. The number of carbonyl (C=O) groups is 1. The zero-order valence-corrected chi connectivity index (χ0v) is 19.4. The van der Waals surface area contributed by atoms with Crippen LogP contribution in [0.4, 0.5) is 15.9 Å². The molecule has 0 radical (unpaired) electrons. The number of rotatable bonds is 3. The van der Waals surface area contributed by atoms with Crippen LogP contribution in [0, 0.1) is 18.7 Å². The van der Waals surface area contributed by atoms with Gasteiger partial charge in [-0.25, -0.2) is 14.4 Å². The number of halogens is 1. The number of thiophene rings is 1. The van der Waals surface area contributed by atoms with E-state index in [4.69, 9.17) is 10.7 Å². The minimum atomic E-state index is -0.214. The Labute approximate surface area is 193 Å². The van der Waals surface area contributed by atoms with E-state index in [1.54, 1.807) is 6.07 Å². The Hall–Kier alpha value is -2.30. The fraction of sp³-hybridized carbons (Fsp3) is 0.500. The first-order valence-corrected chi connectivity index (χ1v) is 12.7. The van der Waals surface area contributed by atoms with Crippen LogP contribution in [0.25, 0.3) is 9.53 Å². The van der Waals surface area contributed by atoms with Crippen molar-refractivity contribution >= 4 is 49.6 Å². The minimum Gasteiger partial charge on any atom is -0.396 e. The van der Waals surface area contributed by atoms with Crippen LogP contribution >= 0.6 is 22.7 Å². The van der Waals surface area contributed by atoms with Crippen LogP contribution in [0.3, 0.4) is 0 Å². The largest absolute Gasteiger partial charge is 0.396 e. The van der Waals surface area contributed by atoms with E-state index in [1.807, 2.05) is 6.92 Å². The van der Waals surface area contributed by atoms with E-state index >= 15 is 4.39 Å². The molecule has 3 aromatic heterocycles. The number of nitrogens with two attached hydrogens (primary N) is 1. The molecule has 6 rings (SSSR count). The fourth-order valence-corrected chi connectivity index (χ4v) is 7.48. The van der Waals surface area contributed by atoms with Crippen molar-refractivity contribution in [2.24, 2.45) is 5.92 Å². The Morgan fingerprint density at radius 3 is 3.03 bits per heavy atom. The fourth-order valence-electron chi connectivity index (χ4n) is 5.38. The second-order valence-corrected chi connectivity index (χ2v) is 11.2. The Morgan fingerprint density at radius 2 is 2.19 bits per heavy atom. The Morgan fingerprint density at radius 1 is 1.31 bits per heavy atom. The summed E-state index contributed by atoms with van der Waals surface area (Å²) in [7, 11) is 0. The van der Waals surface area contributed by atoms with Crippen LogP contribution in [-0.2, 0) is 12.8 Å². The maximum atomic E-state index is 15.1. The van der Waals surface area contributed by atoms with Gasteiger partial charge in [-0.3, -0.25) is 4.79 Å². The summed E-state index contributed by atoms with van der Waals surface area (Å²) in [4.78, 5) is 25.7. The van der Waals surface area contributed by atoms with Crippen LogP contribution < -0.4 is 21.3 Å². The van der Waals surface area contributed by atoms with Gasteiger partial charge in [0.1, 0.15) is 21.3 Å². The van der Waals surface area contributed by atoms with Gasteiger partial charge >= 0.3 is 0 Å². The molecule has 3 atom stereocenters. The van der Waals surface area contributed by atoms with Crippen molar-refractivity contribution in [3.05, 3.63) is 33.0 Å². The summed E-state index contributed by atoms with van der Waals surface area (Å²) in [5, 5.41) is 7.44. The van der Waals surface area contributed by atoms with Crippen molar-refractivity contribution in [2.45, 2.75) is 44.7 Å². The van der Waals surface area contributed by atoms with Crippen molar-refractivity contribution in [3.63, 3.8) is 0 Å². The lowest BCUT2D eigenvalue weighted by atomic mass is 9.91. The average molecular weight is 473 g/mol. The van der Waals surface area contributed by atoms with Crippen molar-refractivity contribution in [2.75, 3.05) is 30.3 Å². The van der Waals surface area contributed by atoms with Crippen LogP contribution in [0.15, 0.2) is 6.07 Å². The van der Waals surface area contributed by atoms with Gasteiger partial charge in [-0.15, -0.1) is 22.7 Å². The third kappa shape index (κ3) is 3.27. The normalized spacial score (nSPS) is 24.7. The number of nitrogen functional groups attached to an aromatic ring is 1. The summed E-state index contributed by atoms with van der Waals surface area (Å²) in [6.07, 6.45) is 2.97. The summed E-state index contributed by atoms with van der Waals surface area (Å²) < 4.78 is 16.0. The van der Waals surface area contributed by atoms with E-state index in [0.29, 0.717) is 40.9 Å². The highest BCUT2D eigenvalue weighted by molar-refractivity contribution is 7.29.